The SMILES string of the molecule is CC(=O)N[C@@H](C)C(=O)N1CCN(C(=O)c2cccc(OC(F)F)c2)CC1. The molecule has 1 fully saturated rings. The number of amides is 3. The lowest BCUT2D eigenvalue weighted by molar-refractivity contribution is -0.136. The molecule has 7 nitrogen and oxygen atoms in total. The first-order chi connectivity index (χ1) is 12.3. The summed E-state index contributed by atoms with van der Waals surface area (Å²) >= 11 is 0. The maximum absolute atomic E-state index is 12.5. The van der Waals surface area contributed by atoms with E-state index < -0.39 is 12.7 Å². The molecular formula is C17H21F2N3O4. The van der Waals surface area contributed by atoms with Crippen LogP contribution in [0.15, 0.2) is 24.3 Å². The van der Waals surface area contributed by atoms with Crippen molar-refractivity contribution in [2.24, 2.45) is 0 Å². The molecule has 1 saturated heterocycles. The van der Waals surface area contributed by atoms with Gasteiger partial charge in [0.05, 0.1) is 0 Å². The highest BCUT2D eigenvalue weighted by atomic mass is 19.3. The summed E-state index contributed by atoms with van der Waals surface area (Å²) in [6, 6.07) is 4.99. The van der Waals surface area contributed by atoms with Gasteiger partial charge in [-0.05, 0) is 25.1 Å². The second kappa shape index (κ2) is 8.59. The van der Waals surface area contributed by atoms with Crippen molar-refractivity contribution in [3.8, 4) is 5.75 Å². The van der Waals surface area contributed by atoms with E-state index in [1.807, 2.05) is 0 Å². The zero-order chi connectivity index (χ0) is 19.3. The van der Waals surface area contributed by atoms with Gasteiger partial charge in [0.25, 0.3) is 5.91 Å². The fourth-order valence-electron chi connectivity index (χ4n) is 2.76. The number of halogens is 2. The van der Waals surface area contributed by atoms with Gasteiger partial charge in [0.2, 0.25) is 11.8 Å². The molecule has 142 valence electrons. The van der Waals surface area contributed by atoms with Gasteiger partial charge < -0.3 is 19.9 Å². The Balaban J connectivity index is 1.94. The third kappa shape index (κ3) is 5.14. The lowest BCUT2D eigenvalue weighted by Gasteiger charge is -2.36. The molecule has 0 aromatic heterocycles. The van der Waals surface area contributed by atoms with Gasteiger partial charge >= 0.3 is 6.61 Å². The van der Waals surface area contributed by atoms with Crippen LogP contribution in [0.1, 0.15) is 24.2 Å². The molecule has 1 aliphatic heterocycles. The number of nitrogens with zero attached hydrogens (tertiary/aromatic N) is 2. The van der Waals surface area contributed by atoms with Gasteiger partial charge in [0.1, 0.15) is 11.8 Å². The topological polar surface area (TPSA) is 79.0 Å². The van der Waals surface area contributed by atoms with Gasteiger partial charge in [-0.25, -0.2) is 0 Å². The normalized spacial score (nSPS) is 15.6. The third-order valence-electron chi connectivity index (χ3n) is 3.97. The molecule has 1 aromatic carbocycles. The first kappa shape index (κ1) is 19.6. The van der Waals surface area contributed by atoms with E-state index in [1.165, 1.54) is 31.2 Å². The van der Waals surface area contributed by atoms with Crippen molar-refractivity contribution in [1.29, 1.82) is 0 Å². The standard InChI is InChI=1S/C17H21F2N3O4/c1-11(20-12(2)23)15(24)21-6-8-22(9-7-21)16(25)13-4-3-5-14(10-13)26-17(18)19/h3-5,10-11,17H,6-9H2,1-2H3,(H,20,23)/t11-/m0/s1. The Labute approximate surface area is 149 Å². The van der Waals surface area contributed by atoms with Crippen LogP contribution in [-0.2, 0) is 9.59 Å². The molecule has 1 aromatic rings. The van der Waals surface area contributed by atoms with Crippen molar-refractivity contribution in [3.05, 3.63) is 29.8 Å². The number of nitrogens with one attached hydrogen (secondary N) is 1. The average molecular weight is 369 g/mol. The smallest absolute Gasteiger partial charge is 0.387 e. The fraction of sp³-hybridized carbons (Fsp3) is 0.471. The van der Waals surface area contributed by atoms with Crippen LogP contribution in [0.2, 0.25) is 0 Å². The second-order valence-electron chi connectivity index (χ2n) is 5.95. The van der Waals surface area contributed by atoms with Crippen LogP contribution in [0.5, 0.6) is 5.75 Å². The minimum Gasteiger partial charge on any atom is -0.435 e. The quantitative estimate of drug-likeness (QED) is 0.843. The highest BCUT2D eigenvalue weighted by Crippen LogP contribution is 2.18. The van der Waals surface area contributed by atoms with Gasteiger partial charge in [0, 0.05) is 38.7 Å². The van der Waals surface area contributed by atoms with E-state index in [-0.39, 0.29) is 29.0 Å². The Morgan fingerprint density at radius 2 is 1.73 bits per heavy atom. The number of hydrogen-bond acceptors (Lipinski definition) is 4. The van der Waals surface area contributed by atoms with Crippen LogP contribution in [-0.4, -0.2) is 66.4 Å². The van der Waals surface area contributed by atoms with Gasteiger partial charge in [-0.3, -0.25) is 14.4 Å². The lowest BCUT2D eigenvalue weighted by Crippen LogP contribution is -2.55. The maximum Gasteiger partial charge on any atom is 0.387 e. The Kier molecular flexibility index (Phi) is 6.48. The summed E-state index contributed by atoms with van der Waals surface area (Å²) < 4.78 is 28.9. The van der Waals surface area contributed by atoms with Crippen molar-refractivity contribution < 1.29 is 27.9 Å². The van der Waals surface area contributed by atoms with E-state index in [0.29, 0.717) is 26.2 Å². The van der Waals surface area contributed by atoms with E-state index in [9.17, 15) is 23.2 Å². The summed E-state index contributed by atoms with van der Waals surface area (Å²) in [5, 5.41) is 2.54. The van der Waals surface area contributed by atoms with Crippen molar-refractivity contribution >= 4 is 17.7 Å². The van der Waals surface area contributed by atoms with Crippen LogP contribution >= 0.6 is 0 Å². The Morgan fingerprint density at radius 1 is 1.12 bits per heavy atom. The zero-order valence-corrected chi connectivity index (χ0v) is 14.6. The molecule has 1 N–H and O–H groups in total. The first-order valence-electron chi connectivity index (χ1n) is 8.18. The van der Waals surface area contributed by atoms with Crippen LogP contribution in [0.3, 0.4) is 0 Å². The number of benzene rings is 1. The molecule has 9 heteroatoms. The highest BCUT2D eigenvalue weighted by Gasteiger charge is 2.27. The zero-order valence-electron chi connectivity index (χ0n) is 14.6. The van der Waals surface area contributed by atoms with E-state index in [0.717, 1.165) is 0 Å². The van der Waals surface area contributed by atoms with E-state index in [2.05, 4.69) is 10.1 Å². The monoisotopic (exact) mass is 369 g/mol. The van der Waals surface area contributed by atoms with Gasteiger partial charge in [0.15, 0.2) is 0 Å². The van der Waals surface area contributed by atoms with Crippen LogP contribution in [0, 0.1) is 0 Å². The highest BCUT2D eigenvalue weighted by molar-refractivity contribution is 5.95. The number of rotatable bonds is 5. The molecule has 1 heterocycles. The molecule has 0 radical (unpaired) electrons. The molecule has 26 heavy (non-hydrogen) atoms. The number of carbonyl (C=O) groups is 3. The van der Waals surface area contributed by atoms with Crippen molar-refractivity contribution in [2.75, 3.05) is 26.2 Å². The van der Waals surface area contributed by atoms with Crippen molar-refractivity contribution in [1.82, 2.24) is 15.1 Å². The number of hydrogen-bond donors (Lipinski definition) is 1. The van der Waals surface area contributed by atoms with Crippen LogP contribution in [0.25, 0.3) is 0 Å². The van der Waals surface area contributed by atoms with Gasteiger partial charge in [-0.15, -0.1) is 0 Å². The Hall–Kier alpha value is -2.71. The summed E-state index contributed by atoms with van der Waals surface area (Å²) in [5.74, 6) is -0.888. The minimum atomic E-state index is -2.96. The number of alkyl halides is 2. The number of carbonyl (C=O) groups excluding carboxylic acids is 3. The van der Waals surface area contributed by atoms with E-state index in [4.69, 9.17) is 0 Å². The second-order valence-corrected chi connectivity index (χ2v) is 5.95. The van der Waals surface area contributed by atoms with Gasteiger partial charge in [-0.2, -0.15) is 8.78 Å². The fourth-order valence-corrected chi connectivity index (χ4v) is 2.76. The molecule has 0 bridgehead atoms. The van der Waals surface area contributed by atoms with Crippen molar-refractivity contribution in [3.63, 3.8) is 0 Å². The summed E-state index contributed by atoms with van der Waals surface area (Å²) in [5.41, 5.74) is 0.245. The van der Waals surface area contributed by atoms with E-state index in [1.54, 1.807) is 16.7 Å². The molecule has 2 rings (SSSR count). The molecule has 1 aliphatic rings. The van der Waals surface area contributed by atoms with Crippen LogP contribution < -0.4 is 10.1 Å². The molecule has 1 atom stereocenters. The predicted octanol–water partition coefficient (Wildman–Crippen LogP) is 1.10. The molecular weight excluding hydrogens is 348 g/mol. The third-order valence-corrected chi connectivity index (χ3v) is 3.97. The molecule has 0 aliphatic carbocycles. The number of piperazine rings is 1. The largest absolute Gasteiger partial charge is 0.435 e. The maximum atomic E-state index is 12.5. The Morgan fingerprint density at radius 3 is 2.31 bits per heavy atom. The summed E-state index contributed by atoms with van der Waals surface area (Å²) in [6.45, 7) is 1.29. The van der Waals surface area contributed by atoms with Gasteiger partial charge in [-0.1, -0.05) is 6.07 Å². The summed E-state index contributed by atoms with van der Waals surface area (Å²) in [7, 11) is 0. The lowest BCUT2D eigenvalue weighted by atomic mass is 10.1. The minimum absolute atomic E-state index is 0.0798. The molecule has 3 amide bonds. The van der Waals surface area contributed by atoms with Crippen LogP contribution in [0.4, 0.5) is 8.78 Å². The summed E-state index contributed by atoms with van der Waals surface area (Å²) in [4.78, 5) is 38.9. The van der Waals surface area contributed by atoms with E-state index >= 15 is 0 Å². The predicted molar refractivity (Wildman–Crippen MR) is 88.8 cm³/mol. The molecule has 0 saturated carbocycles. The molecule has 0 spiro atoms. The Bertz CT molecular complexity index is 676. The first-order valence-corrected chi connectivity index (χ1v) is 8.18. The number of ether oxygens (including phenoxy) is 1. The van der Waals surface area contributed by atoms with Crippen molar-refractivity contribution in [2.45, 2.75) is 26.5 Å². The summed E-state index contributed by atoms with van der Waals surface area (Å²) in [6.07, 6.45) is 0. The molecule has 0 unspecified atom stereocenters. The average Bonchev–Trinajstić information content (AvgIpc) is 2.59.